The van der Waals surface area contributed by atoms with Crippen LogP contribution in [0.3, 0.4) is 0 Å². The summed E-state index contributed by atoms with van der Waals surface area (Å²) in [5.41, 5.74) is 2.96. The molecule has 1 heterocycles. The number of aromatic nitrogens is 1. The highest BCUT2D eigenvalue weighted by Gasteiger charge is 2.08. The minimum absolute atomic E-state index is 0.0505. The fourth-order valence-corrected chi connectivity index (χ4v) is 3.58. The van der Waals surface area contributed by atoms with Crippen LogP contribution in [0.4, 0.5) is 0 Å². The summed E-state index contributed by atoms with van der Waals surface area (Å²) in [5.74, 6) is -0.139. The van der Waals surface area contributed by atoms with Crippen molar-refractivity contribution in [1.29, 1.82) is 0 Å². The Morgan fingerprint density at radius 1 is 0.786 bits per heavy atom. The molecule has 0 radical (unpaired) electrons. The Bertz CT molecular complexity index is 894. The Labute approximate surface area is 168 Å². The largest absolute Gasteiger partial charge is 0.354 e. The number of benzene rings is 2. The summed E-state index contributed by atoms with van der Waals surface area (Å²) in [4.78, 5) is 28.5. The van der Waals surface area contributed by atoms with E-state index in [1.807, 2.05) is 53.9 Å². The van der Waals surface area contributed by atoms with Crippen molar-refractivity contribution in [2.24, 2.45) is 0 Å². The van der Waals surface area contributed by atoms with E-state index in [2.05, 4.69) is 27.8 Å². The molecule has 3 rings (SSSR count). The van der Waals surface area contributed by atoms with Gasteiger partial charge in [0.05, 0.1) is 23.5 Å². The topological polar surface area (TPSA) is 71.1 Å². The van der Waals surface area contributed by atoms with Gasteiger partial charge in [0.15, 0.2) is 0 Å². The molecule has 0 aliphatic rings. The molecule has 0 spiro atoms. The first-order valence-corrected chi connectivity index (χ1v) is 10.1. The minimum Gasteiger partial charge on any atom is -0.354 e. The number of carbonyl (C=O) groups excluding carboxylic acids is 2. The molecule has 144 valence electrons. The molecule has 28 heavy (non-hydrogen) atoms. The number of nitrogens with one attached hydrogen (secondary N) is 2. The smallest absolute Gasteiger partial charge is 0.226 e. The van der Waals surface area contributed by atoms with Gasteiger partial charge in [-0.25, -0.2) is 4.98 Å². The normalized spacial score (nSPS) is 10.4. The van der Waals surface area contributed by atoms with Crippen molar-refractivity contribution in [3.8, 4) is 0 Å². The van der Waals surface area contributed by atoms with Gasteiger partial charge in [0, 0.05) is 24.9 Å². The van der Waals surface area contributed by atoms with E-state index in [9.17, 15) is 9.59 Å². The van der Waals surface area contributed by atoms with Crippen molar-refractivity contribution < 1.29 is 9.59 Å². The Morgan fingerprint density at radius 2 is 1.36 bits per heavy atom. The standard InChI is InChI=1S/C22H23N3O2S/c26-20(13-17-7-3-1-4-8-17)23-11-12-24-21(27)15-19-16-28-22(25-19)14-18-9-5-2-6-10-18/h1-10,16H,11-15H2,(H,23,26)(H,24,27). The van der Waals surface area contributed by atoms with Gasteiger partial charge >= 0.3 is 0 Å². The molecule has 1 aromatic heterocycles. The monoisotopic (exact) mass is 393 g/mol. The van der Waals surface area contributed by atoms with Crippen LogP contribution in [0, 0.1) is 0 Å². The highest BCUT2D eigenvalue weighted by Crippen LogP contribution is 2.15. The van der Waals surface area contributed by atoms with Gasteiger partial charge in [0.25, 0.3) is 0 Å². The lowest BCUT2D eigenvalue weighted by Gasteiger charge is -2.07. The summed E-state index contributed by atoms with van der Waals surface area (Å²) in [6, 6.07) is 19.7. The summed E-state index contributed by atoms with van der Waals surface area (Å²) in [6.07, 6.45) is 1.38. The first kappa shape index (κ1) is 19.8. The third-order valence-corrected chi connectivity index (χ3v) is 5.01. The average Bonchev–Trinajstić information content (AvgIpc) is 3.13. The van der Waals surface area contributed by atoms with Crippen LogP contribution in [0.25, 0.3) is 0 Å². The lowest BCUT2D eigenvalue weighted by Crippen LogP contribution is -2.35. The lowest BCUT2D eigenvalue weighted by atomic mass is 10.1. The maximum absolute atomic E-state index is 12.1. The minimum atomic E-state index is -0.0890. The molecular formula is C22H23N3O2S. The SMILES string of the molecule is O=C(Cc1ccccc1)NCCNC(=O)Cc1csc(Cc2ccccc2)n1. The van der Waals surface area contributed by atoms with Gasteiger partial charge < -0.3 is 10.6 Å². The first-order valence-electron chi connectivity index (χ1n) is 9.23. The van der Waals surface area contributed by atoms with Gasteiger partial charge in [-0.3, -0.25) is 9.59 Å². The van der Waals surface area contributed by atoms with Crippen molar-refractivity contribution >= 4 is 23.2 Å². The number of hydrogen-bond donors (Lipinski definition) is 2. The van der Waals surface area contributed by atoms with E-state index in [1.165, 1.54) is 5.56 Å². The van der Waals surface area contributed by atoms with Gasteiger partial charge in [-0.2, -0.15) is 0 Å². The van der Waals surface area contributed by atoms with Crippen molar-refractivity contribution in [2.75, 3.05) is 13.1 Å². The second-order valence-corrected chi connectivity index (χ2v) is 7.38. The number of carbonyl (C=O) groups is 2. The molecule has 0 fully saturated rings. The molecule has 0 unspecified atom stereocenters. The molecular weight excluding hydrogens is 370 g/mol. The summed E-state index contributed by atoms with van der Waals surface area (Å²) < 4.78 is 0. The van der Waals surface area contributed by atoms with Crippen molar-refractivity contribution in [3.63, 3.8) is 0 Å². The highest BCUT2D eigenvalue weighted by atomic mass is 32.1. The van der Waals surface area contributed by atoms with Crippen molar-refractivity contribution in [3.05, 3.63) is 87.9 Å². The van der Waals surface area contributed by atoms with E-state index in [0.717, 1.165) is 22.7 Å². The van der Waals surface area contributed by atoms with Crippen LogP contribution in [-0.2, 0) is 28.9 Å². The molecule has 2 amide bonds. The number of amides is 2. The van der Waals surface area contributed by atoms with E-state index in [4.69, 9.17) is 0 Å². The van der Waals surface area contributed by atoms with E-state index < -0.39 is 0 Å². The zero-order valence-electron chi connectivity index (χ0n) is 15.6. The molecule has 3 aromatic rings. The van der Waals surface area contributed by atoms with Crippen LogP contribution in [0.15, 0.2) is 66.0 Å². The molecule has 0 aliphatic heterocycles. The lowest BCUT2D eigenvalue weighted by molar-refractivity contribution is -0.122. The quantitative estimate of drug-likeness (QED) is 0.549. The van der Waals surface area contributed by atoms with Gasteiger partial charge in [-0.05, 0) is 11.1 Å². The predicted octanol–water partition coefficient (Wildman–Crippen LogP) is 2.75. The first-order chi connectivity index (χ1) is 13.7. The van der Waals surface area contributed by atoms with E-state index in [1.54, 1.807) is 11.3 Å². The molecule has 2 aromatic carbocycles. The van der Waals surface area contributed by atoms with Crippen molar-refractivity contribution in [2.45, 2.75) is 19.3 Å². The highest BCUT2D eigenvalue weighted by molar-refractivity contribution is 7.09. The van der Waals surface area contributed by atoms with Crippen LogP contribution < -0.4 is 10.6 Å². The second kappa shape index (κ2) is 10.4. The maximum atomic E-state index is 12.1. The van der Waals surface area contributed by atoms with Gasteiger partial charge in [0.2, 0.25) is 11.8 Å². The molecule has 6 heteroatoms. The zero-order valence-corrected chi connectivity index (χ0v) is 16.4. The van der Waals surface area contributed by atoms with Gasteiger partial charge in [-0.15, -0.1) is 11.3 Å². The molecule has 0 atom stereocenters. The second-order valence-electron chi connectivity index (χ2n) is 6.43. The Hall–Kier alpha value is -2.99. The molecule has 0 saturated heterocycles. The third-order valence-electron chi connectivity index (χ3n) is 4.12. The van der Waals surface area contributed by atoms with E-state index in [0.29, 0.717) is 19.5 Å². The van der Waals surface area contributed by atoms with Crippen LogP contribution in [0.2, 0.25) is 0 Å². The summed E-state index contributed by atoms with van der Waals surface area (Å²) in [7, 11) is 0. The number of thiazole rings is 1. The Balaban J connectivity index is 1.34. The fraction of sp³-hybridized carbons (Fsp3) is 0.227. The summed E-state index contributed by atoms with van der Waals surface area (Å²) >= 11 is 1.57. The maximum Gasteiger partial charge on any atom is 0.226 e. The predicted molar refractivity (Wildman–Crippen MR) is 111 cm³/mol. The average molecular weight is 394 g/mol. The molecule has 5 nitrogen and oxygen atoms in total. The third kappa shape index (κ3) is 6.63. The van der Waals surface area contributed by atoms with Crippen LogP contribution >= 0.6 is 11.3 Å². The van der Waals surface area contributed by atoms with Gasteiger partial charge in [0.1, 0.15) is 0 Å². The molecule has 2 N–H and O–H groups in total. The van der Waals surface area contributed by atoms with Crippen LogP contribution in [0.1, 0.15) is 21.8 Å². The van der Waals surface area contributed by atoms with Gasteiger partial charge in [-0.1, -0.05) is 60.7 Å². The number of nitrogens with zero attached hydrogens (tertiary/aromatic N) is 1. The van der Waals surface area contributed by atoms with E-state index in [-0.39, 0.29) is 18.2 Å². The number of rotatable bonds is 9. The molecule has 0 saturated carbocycles. The Morgan fingerprint density at radius 3 is 2.00 bits per heavy atom. The Kier molecular flexibility index (Phi) is 7.32. The van der Waals surface area contributed by atoms with Crippen LogP contribution in [-0.4, -0.2) is 29.9 Å². The zero-order chi connectivity index (χ0) is 19.6. The van der Waals surface area contributed by atoms with Crippen molar-refractivity contribution in [1.82, 2.24) is 15.6 Å². The number of hydrogen-bond acceptors (Lipinski definition) is 4. The summed E-state index contributed by atoms with van der Waals surface area (Å²) in [5, 5.41) is 8.57. The molecule has 0 aliphatic carbocycles. The van der Waals surface area contributed by atoms with Crippen LogP contribution in [0.5, 0.6) is 0 Å². The molecule has 0 bridgehead atoms. The summed E-state index contributed by atoms with van der Waals surface area (Å²) in [6.45, 7) is 0.814. The fourth-order valence-electron chi connectivity index (χ4n) is 2.76. The van der Waals surface area contributed by atoms with E-state index >= 15 is 0 Å².